The molecule has 2 heterocycles. The Labute approximate surface area is 179 Å². The summed E-state index contributed by atoms with van der Waals surface area (Å²) in [5.41, 5.74) is 3.00. The molecule has 0 unspecified atom stereocenters. The quantitative estimate of drug-likeness (QED) is 0.636. The lowest BCUT2D eigenvalue weighted by Gasteiger charge is -2.21. The van der Waals surface area contributed by atoms with Crippen molar-refractivity contribution in [1.29, 1.82) is 0 Å². The predicted octanol–water partition coefficient (Wildman–Crippen LogP) is 5.10. The maximum atomic E-state index is 13.0. The summed E-state index contributed by atoms with van der Waals surface area (Å²) in [6.45, 7) is 2.24. The summed E-state index contributed by atoms with van der Waals surface area (Å²) in [6, 6.07) is 16.4. The first-order valence-corrected chi connectivity index (χ1v) is 9.96. The zero-order chi connectivity index (χ0) is 21.1. The van der Waals surface area contributed by atoms with E-state index >= 15 is 0 Å². The van der Waals surface area contributed by atoms with Crippen LogP contribution in [-0.4, -0.2) is 16.8 Å². The molecule has 0 bridgehead atoms. The summed E-state index contributed by atoms with van der Waals surface area (Å²) >= 11 is 6.10. The van der Waals surface area contributed by atoms with E-state index in [0.717, 1.165) is 11.1 Å². The number of amides is 2. The fourth-order valence-corrected chi connectivity index (χ4v) is 3.41. The standard InChI is InChI=1S/C23H20ClN3O3/c1-15-8-9-17(13-18(15)24)26-21(28)10-11-22(29)27-14-16-5-2-3-7-20(16)30-23-19(27)6-4-12-25-23/h2-9,12-13H,10-11,14H2,1H3,(H,26,28). The van der Waals surface area contributed by atoms with E-state index in [4.69, 9.17) is 16.3 Å². The molecule has 6 nitrogen and oxygen atoms in total. The van der Waals surface area contributed by atoms with Gasteiger partial charge in [0, 0.05) is 35.3 Å². The van der Waals surface area contributed by atoms with Crippen LogP contribution in [0.2, 0.25) is 5.02 Å². The highest BCUT2D eigenvalue weighted by molar-refractivity contribution is 6.31. The molecule has 30 heavy (non-hydrogen) atoms. The fraction of sp³-hybridized carbons (Fsp3) is 0.174. The zero-order valence-corrected chi connectivity index (χ0v) is 17.1. The third-order valence-corrected chi connectivity index (χ3v) is 5.28. The van der Waals surface area contributed by atoms with Gasteiger partial charge in [0.15, 0.2) is 0 Å². The molecule has 1 aromatic heterocycles. The van der Waals surface area contributed by atoms with Gasteiger partial charge in [-0.2, -0.15) is 0 Å². The van der Waals surface area contributed by atoms with E-state index < -0.39 is 0 Å². The van der Waals surface area contributed by atoms with Gasteiger partial charge < -0.3 is 15.0 Å². The van der Waals surface area contributed by atoms with Crippen molar-refractivity contribution in [2.75, 3.05) is 10.2 Å². The Morgan fingerprint density at radius 1 is 1.13 bits per heavy atom. The minimum atomic E-state index is -0.249. The number of aryl methyl sites for hydroxylation is 1. The number of para-hydroxylation sites is 1. The van der Waals surface area contributed by atoms with Crippen LogP contribution in [0, 0.1) is 6.92 Å². The third kappa shape index (κ3) is 4.28. The molecule has 4 rings (SSSR count). The van der Waals surface area contributed by atoms with Crippen LogP contribution < -0.4 is 15.0 Å². The lowest BCUT2D eigenvalue weighted by molar-refractivity contribution is -0.122. The average Bonchev–Trinajstić information content (AvgIpc) is 2.91. The van der Waals surface area contributed by atoms with E-state index in [9.17, 15) is 9.59 Å². The summed E-state index contributed by atoms with van der Waals surface area (Å²) in [6.07, 6.45) is 1.73. The Morgan fingerprint density at radius 3 is 2.80 bits per heavy atom. The van der Waals surface area contributed by atoms with Gasteiger partial charge in [-0.25, -0.2) is 4.98 Å². The van der Waals surface area contributed by atoms with E-state index in [1.54, 1.807) is 35.4 Å². The predicted molar refractivity (Wildman–Crippen MR) is 116 cm³/mol. The SMILES string of the molecule is Cc1ccc(NC(=O)CCC(=O)N2Cc3ccccc3Oc3ncccc32)cc1Cl. The number of anilines is 2. The summed E-state index contributed by atoms with van der Waals surface area (Å²) in [5, 5.41) is 3.36. The number of benzene rings is 2. The van der Waals surface area contributed by atoms with Gasteiger partial charge in [0.1, 0.15) is 11.4 Å². The minimum Gasteiger partial charge on any atom is -0.437 e. The Bertz CT molecular complexity index is 1120. The summed E-state index contributed by atoms with van der Waals surface area (Å²) in [5.74, 6) is 0.610. The monoisotopic (exact) mass is 421 g/mol. The number of carbonyl (C=O) groups excluding carboxylic acids is 2. The van der Waals surface area contributed by atoms with Crippen molar-refractivity contribution < 1.29 is 14.3 Å². The van der Waals surface area contributed by atoms with Gasteiger partial charge in [-0.15, -0.1) is 0 Å². The smallest absolute Gasteiger partial charge is 0.243 e. The molecular formula is C23H20ClN3O3. The van der Waals surface area contributed by atoms with Crippen molar-refractivity contribution in [3.8, 4) is 11.6 Å². The number of carbonyl (C=O) groups is 2. The molecule has 1 aliphatic heterocycles. The number of hydrogen-bond donors (Lipinski definition) is 1. The van der Waals surface area contributed by atoms with Crippen LogP contribution in [0.1, 0.15) is 24.0 Å². The van der Waals surface area contributed by atoms with Gasteiger partial charge >= 0.3 is 0 Å². The number of hydrogen-bond acceptors (Lipinski definition) is 4. The number of ether oxygens (including phenoxy) is 1. The van der Waals surface area contributed by atoms with E-state index in [0.29, 0.717) is 34.6 Å². The second kappa shape index (κ2) is 8.55. The van der Waals surface area contributed by atoms with E-state index in [1.807, 2.05) is 37.3 Å². The second-order valence-electron chi connectivity index (χ2n) is 7.03. The van der Waals surface area contributed by atoms with Gasteiger partial charge in [-0.3, -0.25) is 9.59 Å². The van der Waals surface area contributed by atoms with Gasteiger partial charge in [0.2, 0.25) is 17.7 Å². The maximum Gasteiger partial charge on any atom is 0.243 e. The molecule has 152 valence electrons. The van der Waals surface area contributed by atoms with Gasteiger partial charge in [-0.05, 0) is 42.8 Å². The van der Waals surface area contributed by atoms with Crippen LogP contribution in [0.5, 0.6) is 11.6 Å². The molecule has 0 saturated carbocycles. The molecule has 2 aromatic carbocycles. The molecule has 0 spiro atoms. The number of nitrogens with zero attached hydrogens (tertiary/aromatic N) is 2. The highest BCUT2D eigenvalue weighted by Crippen LogP contribution is 2.37. The molecule has 2 amide bonds. The molecule has 0 atom stereocenters. The van der Waals surface area contributed by atoms with Crippen LogP contribution in [0.3, 0.4) is 0 Å². The molecule has 0 fully saturated rings. The fourth-order valence-electron chi connectivity index (χ4n) is 3.23. The Morgan fingerprint density at radius 2 is 1.97 bits per heavy atom. The third-order valence-electron chi connectivity index (χ3n) is 4.87. The lowest BCUT2D eigenvalue weighted by atomic mass is 10.1. The number of aromatic nitrogens is 1. The molecule has 7 heteroatoms. The van der Waals surface area contributed by atoms with Crippen molar-refractivity contribution in [2.45, 2.75) is 26.3 Å². The van der Waals surface area contributed by atoms with Crippen LogP contribution in [0.4, 0.5) is 11.4 Å². The number of halogens is 1. The van der Waals surface area contributed by atoms with Crippen molar-refractivity contribution in [2.24, 2.45) is 0 Å². The summed E-state index contributed by atoms with van der Waals surface area (Å²) in [4.78, 5) is 31.3. The molecule has 0 radical (unpaired) electrons. The summed E-state index contributed by atoms with van der Waals surface area (Å²) in [7, 11) is 0. The maximum absolute atomic E-state index is 13.0. The minimum absolute atomic E-state index is 0.0545. The highest BCUT2D eigenvalue weighted by Gasteiger charge is 2.26. The van der Waals surface area contributed by atoms with Crippen LogP contribution >= 0.6 is 11.6 Å². The zero-order valence-electron chi connectivity index (χ0n) is 16.4. The van der Waals surface area contributed by atoms with Crippen molar-refractivity contribution in [1.82, 2.24) is 4.98 Å². The van der Waals surface area contributed by atoms with Gasteiger partial charge in [0.05, 0.1) is 6.54 Å². The Hall–Kier alpha value is -3.38. The van der Waals surface area contributed by atoms with Crippen LogP contribution in [-0.2, 0) is 16.1 Å². The lowest BCUT2D eigenvalue weighted by Crippen LogP contribution is -2.30. The van der Waals surface area contributed by atoms with Crippen LogP contribution in [0.25, 0.3) is 0 Å². The second-order valence-corrected chi connectivity index (χ2v) is 7.44. The first-order valence-electron chi connectivity index (χ1n) is 9.58. The summed E-state index contributed by atoms with van der Waals surface area (Å²) < 4.78 is 5.91. The average molecular weight is 422 g/mol. The first-order chi connectivity index (χ1) is 14.5. The van der Waals surface area contributed by atoms with E-state index in [2.05, 4.69) is 10.3 Å². The molecule has 1 N–H and O–H groups in total. The van der Waals surface area contributed by atoms with Gasteiger partial charge in [0.25, 0.3) is 0 Å². The number of rotatable bonds is 4. The molecule has 0 saturated heterocycles. The number of nitrogens with one attached hydrogen (secondary N) is 1. The number of pyridine rings is 1. The largest absolute Gasteiger partial charge is 0.437 e. The molecule has 1 aliphatic rings. The Kier molecular flexibility index (Phi) is 5.68. The topological polar surface area (TPSA) is 71.5 Å². The van der Waals surface area contributed by atoms with Gasteiger partial charge in [-0.1, -0.05) is 35.9 Å². The highest BCUT2D eigenvalue weighted by atomic mass is 35.5. The van der Waals surface area contributed by atoms with E-state index in [-0.39, 0.29) is 24.7 Å². The first kappa shape index (κ1) is 19.9. The van der Waals surface area contributed by atoms with Crippen molar-refractivity contribution >= 4 is 34.8 Å². The van der Waals surface area contributed by atoms with Crippen molar-refractivity contribution in [3.63, 3.8) is 0 Å². The number of fused-ring (bicyclic) bond motifs is 2. The molecule has 3 aromatic rings. The molecule has 0 aliphatic carbocycles. The van der Waals surface area contributed by atoms with Crippen molar-refractivity contribution in [3.05, 3.63) is 76.9 Å². The van der Waals surface area contributed by atoms with E-state index in [1.165, 1.54) is 0 Å². The Balaban J connectivity index is 1.47. The molecular weight excluding hydrogens is 402 g/mol. The van der Waals surface area contributed by atoms with Crippen LogP contribution in [0.15, 0.2) is 60.8 Å². The normalized spacial score (nSPS) is 12.3.